The largest absolute Gasteiger partial charge is 0.381 e. The number of amides is 1. The third-order valence-corrected chi connectivity index (χ3v) is 2.49. The van der Waals surface area contributed by atoms with Crippen LogP contribution in [0.1, 0.15) is 46.0 Å². The molecule has 0 saturated heterocycles. The molecule has 1 atom stereocenters. The SMILES string of the molecule is CCCCCCOCCC(NCC)C(N)=O. The maximum Gasteiger partial charge on any atom is 0.234 e. The van der Waals surface area contributed by atoms with Gasteiger partial charge in [0.1, 0.15) is 0 Å². The van der Waals surface area contributed by atoms with E-state index in [1.807, 2.05) is 6.92 Å². The van der Waals surface area contributed by atoms with Crippen molar-refractivity contribution in [1.82, 2.24) is 5.32 Å². The molecule has 0 spiro atoms. The maximum absolute atomic E-state index is 11.0. The molecule has 4 heteroatoms. The Kier molecular flexibility index (Phi) is 10.5. The fraction of sp³-hybridized carbons (Fsp3) is 0.917. The highest BCUT2D eigenvalue weighted by molar-refractivity contribution is 5.79. The van der Waals surface area contributed by atoms with Gasteiger partial charge in [-0.25, -0.2) is 0 Å². The minimum atomic E-state index is -0.295. The maximum atomic E-state index is 11.0. The van der Waals surface area contributed by atoms with Gasteiger partial charge >= 0.3 is 0 Å². The third-order valence-electron chi connectivity index (χ3n) is 2.49. The quantitative estimate of drug-likeness (QED) is 0.528. The molecule has 1 amide bonds. The van der Waals surface area contributed by atoms with Crippen molar-refractivity contribution in [2.75, 3.05) is 19.8 Å². The average Bonchev–Trinajstić information content (AvgIpc) is 2.26. The van der Waals surface area contributed by atoms with Gasteiger partial charge in [-0.1, -0.05) is 33.1 Å². The van der Waals surface area contributed by atoms with Gasteiger partial charge in [0.05, 0.1) is 6.04 Å². The molecule has 4 nitrogen and oxygen atoms in total. The van der Waals surface area contributed by atoms with Gasteiger partial charge in [-0.15, -0.1) is 0 Å². The van der Waals surface area contributed by atoms with E-state index in [2.05, 4.69) is 12.2 Å². The Hall–Kier alpha value is -0.610. The number of unbranched alkanes of at least 4 members (excludes halogenated alkanes) is 3. The summed E-state index contributed by atoms with van der Waals surface area (Å²) in [4.78, 5) is 11.0. The van der Waals surface area contributed by atoms with E-state index in [0.717, 1.165) is 19.6 Å². The highest BCUT2D eigenvalue weighted by atomic mass is 16.5. The molecule has 0 aliphatic rings. The zero-order valence-electron chi connectivity index (χ0n) is 10.6. The van der Waals surface area contributed by atoms with E-state index in [4.69, 9.17) is 10.5 Å². The van der Waals surface area contributed by atoms with Crippen molar-refractivity contribution in [3.63, 3.8) is 0 Å². The van der Waals surface area contributed by atoms with Gasteiger partial charge in [-0.3, -0.25) is 4.79 Å². The fourth-order valence-electron chi connectivity index (χ4n) is 1.53. The highest BCUT2D eigenvalue weighted by Crippen LogP contribution is 2.00. The zero-order valence-corrected chi connectivity index (χ0v) is 10.6. The number of hydrogen-bond donors (Lipinski definition) is 2. The van der Waals surface area contributed by atoms with E-state index in [1.165, 1.54) is 19.3 Å². The molecule has 0 aliphatic heterocycles. The molecule has 0 fully saturated rings. The highest BCUT2D eigenvalue weighted by Gasteiger charge is 2.12. The summed E-state index contributed by atoms with van der Waals surface area (Å²) in [5.41, 5.74) is 5.25. The minimum Gasteiger partial charge on any atom is -0.381 e. The predicted octanol–water partition coefficient (Wildman–Crippen LogP) is 1.44. The number of likely N-dealkylation sites (N-methyl/N-ethyl adjacent to an activating group) is 1. The smallest absolute Gasteiger partial charge is 0.234 e. The predicted molar refractivity (Wildman–Crippen MR) is 66.2 cm³/mol. The van der Waals surface area contributed by atoms with Crippen LogP contribution in [0.5, 0.6) is 0 Å². The topological polar surface area (TPSA) is 64.3 Å². The standard InChI is InChI=1S/C12H26N2O2/c1-3-5-6-7-9-16-10-8-11(12(13)15)14-4-2/h11,14H,3-10H2,1-2H3,(H2,13,15). The van der Waals surface area contributed by atoms with Crippen LogP contribution >= 0.6 is 0 Å². The molecule has 0 bridgehead atoms. The van der Waals surface area contributed by atoms with Crippen LogP contribution in [0, 0.1) is 0 Å². The van der Waals surface area contributed by atoms with Gasteiger partial charge in [-0.2, -0.15) is 0 Å². The van der Waals surface area contributed by atoms with Crippen LogP contribution in [0.15, 0.2) is 0 Å². The van der Waals surface area contributed by atoms with Crippen molar-refractivity contribution >= 4 is 5.91 Å². The van der Waals surface area contributed by atoms with Gasteiger partial charge in [0.25, 0.3) is 0 Å². The Balaban J connectivity index is 3.37. The number of ether oxygens (including phenoxy) is 1. The van der Waals surface area contributed by atoms with Crippen LogP contribution in [0.25, 0.3) is 0 Å². The number of primary amides is 1. The molecule has 0 rings (SSSR count). The summed E-state index contributed by atoms with van der Waals surface area (Å²) in [6, 6.07) is -0.249. The summed E-state index contributed by atoms with van der Waals surface area (Å²) in [5, 5.41) is 3.04. The molecule has 16 heavy (non-hydrogen) atoms. The lowest BCUT2D eigenvalue weighted by molar-refractivity contribution is -0.120. The third kappa shape index (κ3) is 8.68. The van der Waals surface area contributed by atoms with E-state index in [0.29, 0.717) is 13.0 Å². The lowest BCUT2D eigenvalue weighted by Gasteiger charge is -2.13. The minimum absolute atomic E-state index is 0.249. The first-order valence-electron chi connectivity index (χ1n) is 6.32. The van der Waals surface area contributed by atoms with Crippen LogP contribution in [0.4, 0.5) is 0 Å². The number of rotatable bonds is 11. The molecular weight excluding hydrogens is 204 g/mol. The van der Waals surface area contributed by atoms with Gasteiger partial charge in [-0.05, 0) is 19.4 Å². The van der Waals surface area contributed by atoms with E-state index in [9.17, 15) is 4.79 Å². The number of nitrogens with two attached hydrogens (primary N) is 1. The average molecular weight is 230 g/mol. The monoisotopic (exact) mass is 230 g/mol. The number of nitrogens with one attached hydrogen (secondary N) is 1. The van der Waals surface area contributed by atoms with E-state index in [-0.39, 0.29) is 11.9 Å². The zero-order chi connectivity index (χ0) is 12.2. The lowest BCUT2D eigenvalue weighted by Crippen LogP contribution is -2.41. The second-order valence-electron chi connectivity index (χ2n) is 3.97. The molecule has 1 unspecified atom stereocenters. The Bertz CT molecular complexity index is 174. The lowest BCUT2D eigenvalue weighted by atomic mass is 10.2. The second kappa shape index (κ2) is 10.9. The molecule has 0 saturated carbocycles. The van der Waals surface area contributed by atoms with Gasteiger partial charge in [0.15, 0.2) is 0 Å². The Morgan fingerprint density at radius 1 is 1.25 bits per heavy atom. The van der Waals surface area contributed by atoms with Crippen LogP contribution in [0.2, 0.25) is 0 Å². The molecular formula is C12H26N2O2. The van der Waals surface area contributed by atoms with Crippen LogP contribution in [-0.2, 0) is 9.53 Å². The van der Waals surface area contributed by atoms with Crippen LogP contribution in [0.3, 0.4) is 0 Å². The van der Waals surface area contributed by atoms with Crippen LogP contribution in [-0.4, -0.2) is 31.7 Å². The molecule has 0 aromatic heterocycles. The van der Waals surface area contributed by atoms with Crippen molar-refractivity contribution < 1.29 is 9.53 Å². The normalized spacial score (nSPS) is 12.6. The van der Waals surface area contributed by atoms with Gasteiger partial charge in [0, 0.05) is 13.2 Å². The first-order valence-corrected chi connectivity index (χ1v) is 6.32. The molecule has 0 aromatic carbocycles. The first kappa shape index (κ1) is 15.4. The molecule has 0 radical (unpaired) electrons. The Morgan fingerprint density at radius 3 is 2.56 bits per heavy atom. The van der Waals surface area contributed by atoms with E-state index in [1.54, 1.807) is 0 Å². The summed E-state index contributed by atoms with van der Waals surface area (Å²) in [7, 11) is 0. The second-order valence-corrected chi connectivity index (χ2v) is 3.97. The molecule has 0 heterocycles. The van der Waals surface area contributed by atoms with Crippen molar-refractivity contribution in [3.05, 3.63) is 0 Å². The van der Waals surface area contributed by atoms with Gasteiger partial charge < -0.3 is 15.8 Å². The fourth-order valence-corrected chi connectivity index (χ4v) is 1.53. The number of hydrogen-bond acceptors (Lipinski definition) is 3. The molecule has 0 aromatic rings. The summed E-state index contributed by atoms with van der Waals surface area (Å²) in [6.07, 6.45) is 5.50. The van der Waals surface area contributed by atoms with Crippen LogP contribution < -0.4 is 11.1 Å². The summed E-state index contributed by atoms with van der Waals surface area (Å²) in [6.45, 7) is 6.30. The Morgan fingerprint density at radius 2 is 2.00 bits per heavy atom. The molecule has 0 aliphatic carbocycles. The van der Waals surface area contributed by atoms with Crippen molar-refractivity contribution in [2.24, 2.45) is 5.73 Å². The molecule has 96 valence electrons. The number of carbonyl (C=O) groups is 1. The molecule has 3 N–H and O–H groups in total. The van der Waals surface area contributed by atoms with E-state index >= 15 is 0 Å². The first-order chi connectivity index (χ1) is 7.72. The number of carbonyl (C=O) groups excluding carboxylic acids is 1. The van der Waals surface area contributed by atoms with Crippen molar-refractivity contribution in [2.45, 2.75) is 52.0 Å². The van der Waals surface area contributed by atoms with Crippen molar-refractivity contribution in [1.29, 1.82) is 0 Å². The Labute approximate surface area is 98.9 Å². The summed E-state index contributed by atoms with van der Waals surface area (Å²) >= 11 is 0. The van der Waals surface area contributed by atoms with E-state index < -0.39 is 0 Å². The van der Waals surface area contributed by atoms with Crippen molar-refractivity contribution in [3.8, 4) is 0 Å². The van der Waals surface area contributed by atoms with Gasteiger partial charge in [0.2, 0.25) is 5.91 Å². The summed E-state index contributed by atoms with van der Waals surface area (Å²) < 4.78 is 5.46. The summed E-state index contributed by atoms with van der Waals surface area (Å²) in [5.74, 6) is -0.295.